The summed E-state index contributed by atoms with van der Waals surface area (Å²) in [4.78, 5) is 13.5. The van der Waals surface area contributed by atoms with Crippen molar-refractivity contribution in [3.8, 4) is 0 Å². The van der Waals surface area contributed by atoms with Crippen LogP contribution in [0.5, 0.6) is 0 Å². The normalized spacial score (nSPS) is 20.0. The third-order valence-electron chi connectivity index (χ3n) is 8.24. The molecule has 1 spiro atoms. The molecule has 3 rings (SSSR count). The summed E-state index contributed by atoms with van der Waals surface area (Å²) in [5.41, 5.74) is 2.99. The van der Waals surface area contributed by atoms with E-state index in [1.807, 2.05) is 24.4 Å². The Hall–Kier alpha value is -0.771. The van der Waals surface area contributed by atoms with Gasteiger partial charge >= 0.3 is 215 Å². The van der Waals surface area contributed by atoms with Crippen molar-refractivity contribution in [1.82, 2.24) is 0 Å². The van der Waals surface area contributed by atoms with Crippen LogP contribution in [0.3, 0.4) is 0 Å². The van der Waals surface area contributed by atoms with Crippen LogP contribution in [-0.4, -0.2) is 29.9 Å². The molecule has 2 aliphatic rings. The molecule has 0 amide bonds. The summed E-state index contributed by atoms with van der Waals surface area (Å²) in [5.74, 6) is 0.107. The summed E-state index contributed by atoms with van der Waals surface area (Å²) in [6, 6.07) is 11.3. The molecule has 0 heterocycles. The molecular formula is C31H50O2Sn. The molecule has 1 fully saturated rings. The Morgan fingerprint density at radius 2 is 1.47 bits per heavy atom. The topological polar surface area (TPSA) is 26.3 Å². The summed E-state index contributed by atoms with van der Waals surface area (Å²) >= 11 is -2.72. The zero-order valence-corrected chi connectivity index (χ0v) is 25.8. The van der Waals surface area contributed by atoms with Crippen LogP contribution in [0.4, 0.5) is 0 Å². The number of unbranched alkanes of at least 4 members (excludes halogenated alkanes) is 3. The number of ether oxygens (including phenoxy) is 1. The zero-order valence-electron chi connectivity index (χ0n) is 23.0. The van der Waals surface area contributed by atoms with Crippen molar-refractivity contribution in [2.75, 3.05) is 0 Å². The number of carbonyl (C=O) groups excluding carboxylic acids is 1. The number of rotatable bonds is 12. The van der Waals surface area contributed by atoms with Crippen LogP contribution >= 0.6 is 0 Å². The first kappa shape index (κ1) is 27.8. The second-order valence-corrected chi connectivity index (χ2v) is 25.5. The van der Waals surface area contributed by atoms with Crippen LogP contribution in [-0.2, 0) is 9.53 Å². The number of hydrogen-bond donors (Lipinski definition) is 0. The van der Waals surface area contributed by atoms with Gasteiger partial charge in [0.25, 0.3) is 0 Å². The van der Waals surface area contributed by atoms with E-state index in [0.717, 1.165) is 12.8 Å². The minimum absolute atomic E-state index is 0.0464. The molecule has 2 nitrogen and oxygen atoms in total. The Bertz CT molecular complexity index is 807. The van der Waals surface area contributed by atoms with Gasteiger partial charge in [-0.15, -0.1) is 0 Å². The number of hydrogen-bond acceptors (Lipinski definition) is 2. The fraction of sp³-hybridized carbons (Fsp3) is 0.710. The first-order chi connectivity index (χ1) is 16.2. The van der Waals surface area contributed by atoms with E-state index in [1.165, 1.54) is 70.2 Å². The van der Waals surface area contributed by atoms with Gasteiger partial charge in [0.15, 0.2) is 0 Å². The second kappa shape index (κ2) is 12.0. The van der Waals surface area contributed by atoms with E-state index < -0.39 is 24.0 Å². The van der Waals surface area contributed by atoms with E-state index in [2.05, 4.69) is 51.1 Å². The van der Waals surface area contributed by atoms with E-state index in [0.29, 0.717) is 0 Å². The molecule has 34 heavy (non-hydrogen) atoms. The molecule has 1 saturated carbocycles. The molecule has 0 saturated heterocycles. The van der Waals surface area contributed by atoms with Crippen LogP contribution in [0.1, 0.15) is 111 Å². The summed E-state index contributed by atoms with van der Waals surface area (Å²) in [6.07, 6.45) is 12.4. The van der Waals surface area contributed by atoms with E-state index in [4.69, 9.17) is 4.74 Å². The quantitative estimate of drug-likeness (QED) is 0.184. The average molecular weight is 573 g/mol. The first-order valence-electron chi connectivity index (χ1n) is 14.2. The van der Waals surface area contributed by atoms with Gasteiger partial charge in [0.2, 0.25) is 0 Å². The predicted molar refractivity (Wildman–Crippen MR) is 148 cm³/mol. The number of allylic oxidation sites excluding steroid dienone is 2. The monoisotopic (exact) mass is 574 g/mol. The van der Waals surface area contributed by atoms with Crippen molar-refractivity contribution in [1.29, 1.82) is 0 Å². The van der Waals surface area contributed by atoms with Gasteiger partial charge in [0.05, 0.1) is 0 Å². The second-order valence-electron chi connectivity index (χ2n) is 12.2. The Morgan fingerprint density at radius 1 is 0.941 bits per heavy atom. The van der Waals surface area contributed by atoms with Gasteiger partial charge in [0.1, 0.15) is 0 Å². The summed E-state index contributed by atoms with van der Waals surface area (Å²) in [5, 5.41) is 0. The van der Waals surface area contributed by atoms with Crippen molar-refractivity contribution < 1.29 is 9.53 Å². The number of esters is 1. The Balaban J connectivity index is 2.16. The minimum atomic E-state index is -2.72. The molecule has 0 bridgehead atoms. The fourth-order valence-corrected chi connectivity index (χ4v) is 24.6. The first-order valence-corrected chi connectivity index (χ1v) is 21.7. The molecule has 1 atom stereocenters. The molecule has 2 aliphatic carbocycles. The number of benzene rings is 1. The molecule has 190 valence electrons. The third-order valence-corrected chi connectivity index (χ3v) is 24.4. The van der Waals surface area contributed by atoms with Gasteiger partial charge < -0.3 is 0 Å². The van der Waals surface area contributed by atoms with Gasteiger partial charge in [-0.05, 0) is 0 Å². The van der Waals surface area contributed by atoms with Crippen LogP contribution in [0.2, 0.25) is 13.3 Å². The van der Waals surface area contributed by atoms with Gasteiger partial charge in [-0.25, -0.2) is 0 Å². The van der Waals surface area contributed by atoms with E-state index in [9.17, 15) is 4.79 Å². The maximum atomic E-state index is 13.5. The van der Waals surface area contributed by atoms with Crippen molar-refractivity contribution in [2.24, 2.45) is 11.3 Å². The number of carbonyl (C=O) groups is 1. The molecule has 1 aromatic carbocycles. The van der Waals surface area contributed by atoms with Crippen molar-refractivity contribution in [3.63, 3.8) is 0 Å². The zero-order chi connectivity index (χ0) is 24.8. The van der Waals surface area contributed by atoms with Gasteiger partial charge in [-0.1, -0.05) is 0 Å². The van der Waals surface area contributed by atoms with Crippen LogP contribution in [0.25, 0.3) is 5.57 Å². The Morgan fingerprint density at radius 3 is 1.91 bits per heavy atom. The SMILES string of the molecule is CCC[CH2][Sn]([CH2]CCC)([CH2]CCC)[C]1=C(c2ccccc2)C2(CC2)CC(C(=O)OC(C)(C)C)C1. The Kier molecular flexibility index (Phi) is 9.80. The van der Waals surface area contributed by atoms with Gasteiger partial charge in [0, 0.05) is 0 Å². The molecule has 0 aliphatic heterocycles. The van der Waals surface area contributed by atoms with E-state index in [1.54, 1.807) is 5.57 Å². The van der Waals surface area contributed by atoms with Gasteiger partial charge in [-0.3, -0.25) is 0 Å². The van der Waals surface area contributed by atoms with E-state index >= 15 is 0 Å². The fourth-order valence-electron chi connectivity index (χ4n) is 6.41. The predicted octanol–water partition coefficient (Wildman–Crippen LogP) is 9.36. The molecule has 0 aromatic heterocycles. The molecule has 1 aromatic rings. The molecule has 3 heteroatoms. The maximum absolute atomic E-state index is 13.5. The van der Waals surface area contributed by atoms with Crippen LogP contribution in [0.15, 0.2) is 33.9 Å². The summed E-state index contributed by atoms with van der Waals surface area (Å²) < 4.78 is 12.2. The standard InChI is InChI=1S/C19H23O2.3C4H9.Sn/c1-18(2,3)21-17(20)15-9-10-16(19(13-15)11-12-19)14-7-5-4-6-8-14;3*1-3-4-2;/h4-8,15H,9,11-13H2,1-3H3;3*1,3-4H2,2H3;. The molecule has 0 radical (unpaired) electrons. The molecular weight excluding hydrogens is 523 g/mol. The van der Waals surface area contributed by atoms with Crippen LogP contribution < -0.4 is 0 Å². The Labute approximate surface area is 214 Å². The van der Waals surface area contributed by atoms with Crippen LogP contribution in [0, 0.1) is 11.3 Å². The third kappa shape index (κ3) is 6.71. The van der Waals surface area contributed by atoms with Crippen molar-refractivity contribution in [3.05, 3.63) is 39.5 Å². The van der Waals surface area contributed by atoms with Gasteiger partial charge in [-0.2, -0.15) is 0 Å². The summed E-state index contributed by atoms with van der Waals surface area (Å²) in [7, 11) is 0. The van der Waals surface area contributed by atoms with Crippen molar-refractivity contribution >= 4 is 29.9 Å². The van der Waals surface area contributed by atoms with Crippen molar-refractivity contribution in [2.45, 2.75) is 125 Å². The average Bonchev–Trinajstić information content (AvgIpc) is 3.57. The molecule has 0 N–H and O–H groups in total. The molecule has 1 unspecified atom stereocenters. The summed E-state index contributed by atoms with van der Waals surface area (Å²) in [6.45, 7) is 13.1. The van der Waals surface area contributed by atoms with E-state index in [-0.39, 0.29) is 17.3 Å².